The molecule has 0 unspecified atom stereocenters. The van der Waals surface area contributed by atoms with Crippen molar-refractivity contribution in [3.8, 4) is 0 Å². The average Bonchev–Trinajstić information content (AvgIpc) is 2.99. The standard InChI is InChI=1S/C19H25NO3S/c1-14(2)24-17-8-6-15(7-9-17)11-18(21)20-13-19(3,22)12-16-5-4-10-23-16/h4-10,14,22H,11-13H2,1-3H3,(H,20,21)/t19-/m0/s1. The van der Waals surface area contributed by atoms with Crippen LogP contribution in [0.25, 0.3) is 0 Å². The molecule has 0 saturated heterocycles. The van der Waals surface area contributed by atoms with E-state index in [1.165, 1.54) is 4.90 Å². The van der Waals surface area contributed by atoms with E-state index in [1.807, 2.05) is 30.3 Å². The number of rotatable bonds is 8. The van der Waals surface area contributed by atoms with Gasteiger partial charge in [-0.25, -0.2) is 0 Å². The van der Waals surface area contributed by atoms with Crippen LogP contribution < -0.4 is 5.32 Å². The minimum absolute atomic E-state index is 0.0982. The van der Waals surface area contributed by atoms with Crippen LogP contribution >= 0.6 is 11.8 Å². The highest BCUT2D eigenvalue weighted by molar-refractivity contribution is 7.99. The van der Waals surface area contributed by atoms with Crippen molar-refractivity contribution in [3.63, 3.8) is 0 Å². The molecular weight excluding hydrogens is 322 g/mol. The predicted molar refractivity (Wildman–Crippen MR) is 97.2 cm³/mol. The van der Waals surface area contributed by atoms with Gasteiger partial charge in [0, 0.05) is 23.1 Å². The lowest BCUT2D eigenvalue weighted by Gasteiger charge is -2.22. The largest absolute Gasteiger partial charge is 0.469 e. The smallest absolute Gasteiger partial charge is 0.224 e. The maximum atomic E-state index is 12.1. The highest BCUT2D eigenvalue weighted by atomic mass is 32.2. The SMILES string of the molecule is CC(C)Sc1ccc(CC(=O)NC[C@@](C)(O)Cc2ccco2)cc1. The third kappa shape index (κ3) is 6.42. The second kappa shape index (κ2) is 8.40. The van der Waals surface area contributed by atoms with Crippen molar-refractivity contribution < 1.29 is 14.3 Å². The lowest BCUT2D eigenvalue weighted by molar-refractivity contribution is -0.121. The normalized spacial score (nSPS) is 13.7. The summed E-state index contributed by atoms with van der Waals surface area (Å²) in [6.07, 6.45) is 2.25. The summed E-state index contributed by atoms with van der Waals surface area (Å²) in [4.78, 5) is 13.3. The van der Waals surface area contributed by atoms with Crippen LogP contribution in [-0.2, 0) is 17.6 Å². The zero-order chi connectivity index (χ0) is 17.6. The first-order chi connectivity index (χ1) is 11.3. The predicted octanol–water partition coefficient (Wildman–Crippen LogP) is 3.43. The van der Waals surface area contributed by atoms with Gasteiger partial charge >= 0.3 is 0 Å². The van der Waals surface area contributed by atoms with E-state index in [-0.39, 0.29) is 12.5 Å². The second-order valence-corrected chi connectivity index (χ2v) is 8.17. The molecule has 0 saturated carbocycles. The molecule has 0 radical (unpaired) electrons. The quantitative estimate of drug-likeness (QED) is 0.718. The van der Waals surface area contributed by atoms with Gasteiger partial charge in [-0.3, -0.25) is 4.79 Å². The first kappa shape index (κ1) is 18.6. The molecule has 2 rings (SSSR count). The molecule has 4 nitrogen and oxygen atoms in total. The van der Waals surface area contributed by atoms with E-state index >= 15 is 0 Å². The summed E-state index contributed by atoms with van der Waals surface area (Å²) in [5.41, 5.74) is -0.0723. The Balaban J connectivity index is 1.80. The van der Waals surface area contributed by atoms with Crippen LogP contribution in [0.5, 0.6) is 0 Å². The van der Waals surface area contributed by atoms with E-state index in [9.17, 15) is 9.90 Å². The molecule has 2 N–H and O–H groups in total. The fourth-order valence-corrected chi connectivity index (χ4v) is 3.18. The van der Waals surface area contributed by atoms with Crippen LogP contribution in [0.2, 0.25) is 0 Å². The Morgan fingerprint density at radius 2 is 2.00 bits per heavy atom. The fraction of sp³-hybridized carbons (Fsp3) is 0.421. The fourth-order valence-electron chi connectivity index (χ4n) is 2.35. The molecular formula is C19H25NO3S. The number of carbonyl (C=O) groups is 1. The summed E-state index contributed by atoms with van der Waals surface area (Å²) in [6.45, 7) is 6.18. The molecule has 0 bridgehead atoms. The molecule has 130 valence electrons. The van der Waals surface area contributed by atoms with Crippen LogP contribution in [0.1, 0.15) is 32.1 Å². The van der Waals surface area contributed by atoms with Gasteiger partial charge in [0.2, 0.25) is 5.91 Å². The lowest BCUT2D eigenvalue weighted by atomic mass is 10.0. The number of aliphatic hydroxyl groups is 1. The third-order valence-electron chi connectivity index (χ3n) is 3.46. The Morgan fingerprint density at radius 3 is 2.58 bits per heavy atom. The van der Waals surface area contributed by atoms with Crippen LogP contribution in [0, 0.1) is 0 Å². The number of carbonyl (C=O) groups excluding carboxylic acids is 1. The van der Waals surface area contributed by atoms with Crippen LogP contribution in [0.3, 0.4) is 0 Å². The molecule has 1 aromatic heterocycles. The van der Waals surface area contributed by atoms with Gasteiger partial charge in [0.05, 0.1) is 18.3 Å². The molecule has 24 heavy (non-hydrogen) atoms. The maximum absolute atomic E-state index is 12.1. The van der Waals surface area contributed by atoms with Crippen molar-refractivity contribution >= 4 is 17.7 Å². The van der Waals surface area contributed by atoms with E-state index in [1.54, 1.807) is 31.0 Å². The molecule has 0 spiro atoms. The van der Waals surface area contributed by atoms with E-state index in [0.717, 1.165) is 5.56 Å². The Bertz CT molecular complexity index is 633. The van der Waals surface area contributed by atoms with Gasteiger partial charge in [-0.05, 0) is 36.8 Å². The summed E-state index contributed by atoms with van der Waals surface area (Å²) < 4.78 is 5.24. The summed E-state index contributed by atoms with van der Waals surface area (Å²) >= 11 is 1.80. The molecule has 0 fully saturated rings. The first-order valence-electron chi connectivity index (χ1n) is 8.11. The van der Waals surface area contributed by atoms with Crippen molar-refractivity contribution in [2.24, 2.45) is 0 Å². The van der Waals surface area contributed by atoms with Crippen LogP contribution in [-0.4, -0.2) is 28.4 Å². The third-order valence-corrected chi connectivity index (χ3v) is 4.48. The van der Waals surface area contributed by atoms with Gasteiger partial charge < -0.3 is 14.8 Å². The molecule has 1 amide bonds. The van der Waals surface area contributed by atoms with Crippen molar-refractivity contribution in [2.45, 2.75) is 49.4 Å². The van der Waals surface area contributed by atoms with E-state index in [4.69, 9.17) is 4.42 Å². The molecule has 0 aliphatic heterocycles. The number of nitrogens with one attached hydrogen (secondary N) is 1. The summed E-state index contributed by atoms with van der Waals surface area (Å²) in [5.74, 6) is 0.603. The van der Waals surface area contributed by atoms with Gasteiger partial charge in [-0.1, -0.05) is 26.0 Å². The maximum Gasteiger partial charge on any atom is 0.224 e. The highest BCUT2D eigenvalue weighted by Crippen LogP contribution is 2.23. The van der Waals surface area contributed by atoms with Crippen molar-refractivity contribution in [1.82, 2.24) is 5.32 Å². The van der Waals surface area contributed by atoms with Crippen molar-refractivity contribution in [3.05, 3.63) is 54.0 Å². The highest BCUT2D eigenvalue weighted by Gasteiger charge is 2.23. The van der Waals surface area contributed by atoms with E-state index < -0.39 is 5.60 Å². The van der Waals surface area contributed by atoms with Gasteiger partial charge in [0.15, 0.2) is 0 Å². The molecule has 1 aromatic carbocycles. The van der Waals surface area contributed by atoms with Crippen LogP contribution in [0.15, 0.2) is 52.0 Å². The second-order valence-electron chi connectivity index (χ2n) is 6.52. The first-order valence-corrected chi connectivity index (χ1v) is 8.99. The lowest BCUT2D eigenvalue weighted by Crippen LogP contribution is -2.42. The molecule has 2 aromatic rings. The number of thioether (sulfide) groups is 1. The number of hydrogen-bond acceptors (Lipinski definition) is 4. The monoisotopic (exact) mass is 347 g/mol. The van der Waals surface area contributed by atoms with E-state index in [2.05, 4.69) is 19.2 Å². The minimum atomic E-state index is -1.04. The zero-order valence-electron chi connectivity index (χ0n) is 14.4. The Morgan fingerprint density at radius 1 is 1.29 bits per heavy atom. The Hall–Kier alpha value is -1.72. The summed E-state index contributed by atoms with van der Waals surface area (Å²) in [5, 5.41) is 13.7. The molecule has 5 heteroatoms. The summed E-state index contributed by atoms with van der Waals surface area (Å²) in [6, 6.07) is 11.6. The Kier molecular flexibility index (Phi) is 6.52. The molecule has 1 heterocycles. The van der Waals surface area contributed by atoms with Gasteiger partial charge in [-0.15, -0.1) is 11.8 Å². The minimum Gasteiger partial charge on any atom is -0.469 e. The zero-order valence-corrected chi connectivity index (χ0v) is 15.2. The Labute approximate surface area is 147 Å². The molecule has 0 aliphatic rings. The van der Waals surface area contributed by atoms with Gasteiger partial charge in [0.25, 0.3) is 0 Å². The molecule has 1 atom stereocenters. The summed E-state index contributed by atoms with van der Waals surface area (Å²) in [7, 11) is 0. The average molecular weight is 347 g/mol. The van der Waals surface area contributed by atoms with E-state index in [0.29, 0.717) is 23.9 Å². The van der Waals surface area contributed by atoms with Crippen molar-refractivity contribution in [1.29, 1.82) is 0 Å². The number of benzene rings is 1. The van der Waals surface area contributed by atoms with Gasteiger partial charge in [-0.2, -0.15) is 0 Å². The van der Waals surface area contributed by atoms with Gasteiger partial charge in [0.1, 0.15) is 5.76 Å². The topological polar surface area (TPSA) is 62.5 Å². The number of amides is 1. The van der Waals surface area contributed by atoms with Crippen LogP contribution in [0.4, 0.5) is 0 Å². The number of hydrogen-bond donors (Lipinski definition) is 2. The molecule has 0 aliphatic carbocycles. The number of furan rings is 1. The van der Waals surface area contributed by atoms with Crippen molar-refractivity contribution in [2.75, 3.05) is 6.54 Å².